The van der Waals surface area contributed by atoms with Crippen molar-refractivity contribution < 1.29 is 19.1 Å². The minimum absolute atomic E-state index is 0.0147. The van der Waals surface area contributed by atoms with Crippen LogP contribution in [0.1, 0.15) is 33.1 Å². The van der Waals surface area contributed by atoms with E-state index >= 15 is 0 Å². The lowest BCUT2D eigenvalue weighted by molar-refractivity contribution is -0.141. The van der Waals surface area contributed by atoms with E-state index in [-0.39, 0.29) is 30.3 Å². The van der Waals surface area contributed by atoms with Crippen LogP contribution in [-0.2, 0) is 19.1 Å². The molecule has 1 aliphatic rings. The molecule has 0 aromatic carbocycles. The molecule has 2 amide bonds. The number of hydrogen-bond donors (Lipinski definition) is 1. The highest BCUT2D eigenvalue weighted by Crippen LogP contribution is 2.17. The monoisotopic (exact) mass is 286 g/mol. The molecular weight excluding hydrogens is 260 g/mol. The molecule has 0 aromatic heterocycles. The van der Waals surface area contributed by atoms with Crippen molar-refractivity contribution in [3.8, 4) is 0 Å². The number of carbonyl (C=O) groups is 2. The zero-order chi connectivity index (χ0) is 15.0. The lowest BCUT2D eigenvalue weighted by Crippen LogP contribution is -2.43. The third-order valence-corrected chi connectivity index (χ3v) is 3.50. The summed E-state index contributed by atoms with van der Waals surface area (Å²) < 4.78 is 10.2. The number of likely N-dealkylation sites (tertiary alicyclic amines) is 1. The summed E-state index contributed by atoms with van der Waals surface area (Å²) in [6.45, 7) is 6.35. The largest absolute Gasteiger partial charge is 0.382 e. The lowest BCUT2D eigenvalue weighted by Gasteiger charge is -2.21. The van der Waals surface area contributed by atoms with Gasteiger partial charge < -0.3 is 14.8 Å². The van der Waals surface area contributed by atoms with Gasteiger partial charge in [0.15, 0.2) is 0 Å². The second-order valence-corrected chi connectivity index (χ2v) is 5.03. The third kappa shape index (κ3) is 4.85. The number of ether oxygens (including phenoxy) is 2. The molecule has 0 aliphatic carbocycles. The Kier molecular flexibility index (Phi) is 7.72. The van der Waals surface area contributed by atoms with Crippen LogP contribution in [0.25, 0.3) is 0 Å². The normalized spacial score (nSPS) is 20.8. The molecule has 6 heteroatoms. The SMILES string of the molecule is CCC(C)N1C(=O)CC(NCCCOCCOC)C1=O. The Hall–Kier alpha value is -0.980. The molecule has 2 atom stereocenters. The highest BCUT2D eigenvalue weighted by molar-refractivity contribution is 6.05. The van der Waals surface area contributed by atoms with E-state index in [4.69, 9.17) is 9.47 Å². The fourth-order valence-electron chi connectivity index (χ4n) is 2.15. The summed E-state index contributed by atoms with van der Waals surface area (Å²) in [6.07, 6.45) is 1.87. The van der Waals surface area contributed by atoms with Crippen LogP contribution < -0.4 is 5.32 Å². The van der Waals surface area contributed by atoms with Crippen LogP contribution in [0.15, 0.2) is 0 Å². The minimum atomic E-state index is -0.365. The molecule has 1 aliphatic heterocycles. The van der Waals surface area contributed by atoms with Crippen molar-refractivity contribution in [2.45, 2.75) is 45.2 Å². The Morgan fingerprint density at radius 2 is 2.10 bits per heavy atom. The van der Waals surface area contributed by atoms with E-state index in [1.807, 2.05) is 13.8 Å². The molecule has 6 nitrogen and oxygen atoms in total. The van der Waals surface area contributed by atoms with Crippen molar-refractivity contribution in [2.75, 3.05) is 33.5 Å². The molecule has 1 rings (SSSR count). The molecule has 0 spiro atoms. The van der Waals surface area contributed by atoms with Crippen LogP contribution in [0.4, 0.5) is 0 Å². The molecule has 0 saturated carbocycles. The van der Waals surface area contributed by atoms with Crippen LogP contribution >= 0.6 is 0 Å². The Morgan fingerprint density at radius 1 is 1.35 bits per heavy atom. The zero-order valence-electron chi connectivity index (χ0n) is 12.7. The standard InChI is InChI=1S/C14H26N2O4/c1-4-11(2)16-13(17)10-12(14(16)18)15-6-5-7-20-9-8-19-3/h11-12,15H,4-10H2,1-3H3. The lowest BCUT2D eigenvalue weighted by atomic mass is 10.2. The summed E-state index contributed by atoms with van der Waals surface area (Å²) in [5.74, 6) is -0.164. The maximum atomic E-state index is 12.1. The number of rotatable bonds is 10. The molecule has 20 heavy (non-hydrogen) atoms. The summed E-state index contributed by atoms with van der Waals surface area (Å²) in [7, 11) is 1.64. The van der Waals surface area contributed by atoms with E-state index in [2.05, 4.69) is 5.32 Å². The first-order valence-corrected chi connectivity index (χ1v) is 7.27. The summed E-state index contributed by atoms with van der Waals surface area (Å²) in [6, 6.07) is -0.380. The number of methoxy groups -OCH3 is 1. The Morgan fingerprint density at radius 3 is 2.75 bits per heavy atom. The van der Waals surface area contributed by atoms with Crippen molar-refractivity contribution >= 4 is 11.8 Å². The molecule has 116 valence electrons. The molecule has 1 heterocycles. The fraction of sp³-hybridized carbons (Fsp3) is 0.857. The average Bonchev–Trinajstić information content (AvgIpc) is 2.72. The maximum Gasteiger partial charge on any atom is 0.247 e. The van der Waals surface area contributed by atoms with Gasteiger partial charge >= 0.3 is 0 Å². The van der Waals surface area contributed by atoms with Gasteiger partial charge in [-0.15, -0.1) is 0 Å². The molecule has 1 saturated heterocycles. The van der Waals surface area contributed by atoms with Gasteiger partial charge in [-0.2, -0.15) is 0 Å². The van der Waals surface area contributed by atoms with Crippen LogP contribution in [-0.4, -0.2) is 62.3 Å². The number of imide groups is 1. The molecular formula is C14H26N2O4. The first-order chi connectivity index (χ1) is 9.61. The van der Waals surface area contributed by atoms with Crippen molar-refractivity contribution in [1.82, 2.24) is 10.2 Å². The Balaban J connectivity index is 2.22. The number of carbonyl (C=O) groups excluding carboxylic acids is 2. The van der Waals surface area contributed by atoms with Gasteiger partial charge in [0.2, 0.25) is 11.8 Å². The van der Waals surface area contributed by atoms with Crippen LogP contribution in [0.3, 0.4) is 0 Å². The van der Waals surface area contributed by atoms with Crippen molar-refractivity contribution in [2.24, 2.45) is 0 Å². The highest BCUT2D eigenvalue weighted by atomic mass is 16.5. The third-order valence-electron chi connectivity index (χ3n) is 3.50. The summed E-state index contributed by atoms with van der Waals surface area (Å²) in [5, 5.41) is 3.14. The predicted molar refractivity (Wildman–Crippen MR) is 75.3 cm³/mol. The van der Waals surface area contributed by atoms with E-state index in [1.165, 1.54) is 4.90 Å². The van der Waals surface area contributed by atoms with E-state index in [1.54, 1.807) is 7.11 Å². The van der Waals surface area contributed by atoms with Crippen molar-refractivity contribution in [3.63, 3.8) is 0 Å². The van der Waals surface area contributed by atoms with Gasteiger partial charge in [0.25, 0.3) is 0 Å². The summed E-state index contributed by atoms with van der Waals surface area (Å²) in [4.78, 5) is 25.3. The van der Waals surface area contributed by atoms with Gasteiger partial charge in [-0.05, 0) is 26.3 Å². The van der Waals surface area contributed by atoms with Gasteiger partial charge in [-0.25, -0.2) is 0 Å². The maximum absolute atomic E-state index is 12.1. The van der Waals surface area contributed by atoms with Gasteiger partial charge in [0, 0.05) is 19.8 Å². The topological polar surface area (TPSA) is 67.9 Å². The highest BCUT2D eigenvalue weighted by Gasteiger charge is 2.39. The summed E-state index contributed by atoms with van der Waals surface area (Å²) in [5.41, 5.74) is 0. The minimum Gasteiger partial charge on any atom is -0.382 e. The second kappa shape index (κ2) is 9.05. The smallest absolute Gasteiger partial charge is 0.247 e. The predicted octanol–water partition coefficient (Wildman–Crippen LogP) is 0.555. The van der Waals surface area contributed by atoms with E-state index in [9.17, 15) is 9.59 Å². The van der Waals surface area contributed by atoms with Crippen LogP contribution in [0, 0.1) is 0 Å². The molecule has 1 fully saturated rings. The molecule has 2 unspecified atom stereocenters. The van der Waals surface area contributed by atoms with Gasteiger partial charge in [0.05, 0.1) is 25.7 Å². The number of amides is 2. The molecule has 0 bridgehead atoms. The van der Waals surface area contributed by atoms with Gasteiger partial charge in [0.1, 0.15) is 0 Å². The van der Waals surface area contributed by atoms with E-state index < -0.39 is 0 Å². The van der Waals surface area contributed by atoms with E-state index in [0.29, 0.717) is 26.4 Å². The second-order valence-electron chi connectivity index (χ2n) is 5.03. The first kappa shape index (κ1) is 17.1. The Bertz CT molecular complexity index is 322. The fourth-order valence-corrected chi connectivity index (χ4v) is 2.15. The molecule has 0 aromatic rings. The molecule has 1 N–H and O–H groups in total. The Labute approximate surface area is 120 Å². The average molecular weight is 286 g/mol. The van der Waals surface area contributed by atoms with Gasteiger partial charge in [-0.3, -0.25) is 14.5 Å². The summed E-state index contributed by atoms with van der Waals surface area (Å²) >= 11 is 0. The number of nitrogens with one attached hydrogen (secondary N) is 1. The zero-order valence-corrected chi connectivity index (χ0v) is 12.7. The van der Waals surface area contributed by atoms with Crippen molar-refractivity contribution in [3.05, 3.63) is 0 Å². The first-order valence-electron chi connectivity index (χ1n) is 7.27. The van der Waals surface area contributed by atoms with E-state index in [0.717, 1.165) is 12.8 Å². The quantitative estimate of drug-likeness (QED) is 0.469. The van der Waals surface area contributed by atoms with Gasteiger partial charge in [-0.1, -0.05) is 6.92 Å². The van der Waals surface area contributed by atoms with Crippen molar-refractivity contribution in [1.29, 1.82) is 0 Å². The number of nitrogens with zero attached hydrogens (tertiary/aromatic N) is 1. The number of hydrogen-bond acceptors (Lipinski definition) is 5. The van der Waals surface area contributed by atoms with Crippen LogP contribution in [0.2, 0.25) is 0 Å². The van der Waals surface area contributed by atoms with Crippen LogP contribution in [0.5, 0.6) is 0 Å². The molecule has 0 radical (unpaired) electrons.